The Morgan fingerprint density at radius 2 is 2.27 bits per heavy atom. The third kappa shape index (κ3) is 1.86. The van der Waals surface area contributed by atoms with Crippen LogP contribution < -0.4 is 0 Å². The highest BCUT2D eigenvalue weighted by Crippen LogP contribution is 2.26. The van der Waals surface area contributed by atoms with Crippen LogP contribution in [0.25, 0.3) is 10.1 Å². The summed E-state index contributed by atoms with van der Waals surface area (Å²) in [5.74, 6) is -0.339. The van der Waals surface area contributed by atoms with Crippen LogP contribution in [0.3, 0.4) is 0 Å². The van der Waals surface area contributed by atoms with Crippen LogP contribution >= 0.6 is 11.3 Å². The number of carbonyl (C=O) groups excluding carboxylic acids is 1. The zero-order valence-corrected chi connectivity index (χ0v) is 9.00. The van der Waals surface area contributed by atoms with E-state index in [0.29, 0.717) is 5.56 Å². The van der Waals surface area contributed by atoms with Crippen LogP contribution in [0.4, 0.5) is 0 Å². The van der Waals surface area contributed by atoms with Crippen molar-refractivity contribution in [3.8, 4) is 0 Å². The zero-order valence-electron chi connectivity index (χ0n) is 8.19. The Bertz CT molecular complexity index is 502. The molecule has 0 saturated heterocycles. The van der Waals surface area contributed by atoms with Crippen molar-refractivity contribution in [2.45, 2.75) is 6.61 Å². The summed E-state index contributed by atoms with van der Waals surface area (Å²) >= 11 is 1.52. The maximum absolute atomic E-state index is 11.3. The van der Waals surface area contributed by atoms with Crippen LogP contribution in [0.15, 0.2) is 24.3 Å². The maximum Gasteiger partial charge on any atom is 0.337 e. The third-order valence-corrected chi connectivity index (χ3v) is 3.25. The van der Waals surface area contributed by atoms with Crippen molar-refractivity contribution in [2.24, 2.45) is 0 Å². The number of benzene rings is 1. The second-order valence-corrected chi connectivity index (χ2v) is 4.28. The van der Waals surface area contributed by atoms with Crippen molar-refractivity contribution < 1.29 is 14.6 Å². The van der Waals surface area contributed by atoms with Crippen molar-refractivity contribution in [3.63, 3.8) is 0 Å². The summed E-state index contributed by atoms with van der Waals surface area (Å²) in [6.45, 7) is 0.0346. The minimum atomic E-state index is -0.339. The van der Waals surface area contributed by atoms with Gasteiger partial charge in [0.1, 0.15) is 0 Å². The number of aliphatic hydroxyl groups excluding tert-OH is 1. The summed E-state index contributed by atoms with van der Waals surface area (Å²) in [7, 11) is 1.36. The minimum absolute atomic E-state index is 0.0346. The van der Waals surface area contributed by atoms with Gasteiger partial charge < -0.3 is 9.84 Å². The average Bonchev–Trinajstić information content (AvgIpc) is 2.69. The molecule has 0 radical (unpaired) electrons. The van der Waals surface area contributed by atoms with Gasteiger partial charge in [0, 0.05) is 9.58 Å². The molecule has 1 aromatic carbocycles. The van der Waals surface area contributed by atoms with E-state index in [-0.39, 0.29) is 12.6 Å². The Morgan fingerprint density at radius 1 is 1.47 bits per heavy atom. The lowest BCUT2D eigenvalue weighted by molar-refractivity contribution is 0.0601. The summed E-state index contributed by atoms with van der Waals surface area (Å²) in [5.41, 5.74) is 0.535. The molecular weight excluding hydrogens is 212 g/mol. The number of fused-ring (bicyclic) bond motifs is 1. The number of hydrogen-bond donors (Lipinski definition) is 1. The van der Waals surface area contributed by atoms with E-state index >= 15 is 0 Å². The van der Waals surface area contributed by atoms with Crippen LogP contribution in [0.1, 0.15) is 15.2 Å². The van der Waals surface area contributed by atoms with Gasteiger partial charge >= 0.3 is 5.97 Å². The molecule has 1 aromatic heterocycles. The lowest BCUT2D eigenvalue weighted by atomic mass is 10.1. The average molecular weight is 222 g/mol. The Labute approximate surface area is 90.9 Å². The fourth-order valence-corrected chi connectivity index (χ4v) is 2.33. The predicted molar refractivity (Wildman–Crippen MR) is 59.1 cm³/mol. The number of hydrogen-bond acceptors (Lipinski definition) is 4. The summed E-state index contributed by atoms with van der Waals surface area (Å²) in [6, 6.07) is 7.25. The number of methoxy groups -OCH3 is 1. The zero-order chi connectivity index (χ0) is 10.8. The number of esters is 1. The van der Waals surface area contributed by atoms with Gasteiger partial charge in [-0.25, -0.2) is 4.79 Å². The predicted octanol–water partition coefficient (Wildman–Crippen LogP) is 2.18. The minimum Gasteiger partial charge on any atom is -0.465 e. The second kappa shape index (κ2) is 4.00. The number of ether oxygens (including phenoxy) is 1. The van der Waals surface area contributed by atoms with Crippen molar-refractivity contribution in [3.05, 3.63) is 34.7 Å². The number of aliphatic hydroxyl groups is 1. The fourth-order valence-electron chi connectivity index (χ4n) is 1.42. The SMILES string of the molecule is COC(=O)c1ccc2sc(CO)cc2c1. The van der Waals surface area contributed by atoms with Gasteiger partial charge in [-0.05, 0) is 29.7 Å². The number of rotatable bonds is 2. The van der Waals surface area contributed by atoms with E-state index < -0.39 is 0 Å². The first kappa shape index (κ1) is 10.1. The highest BCUT2D eigenvalue weighted by molar-refractivity contribution is 7.19. The molecule has 2 rings (SSSR count). The second-order valence-electron chi connectivity index (χ2n) is 3.12. The van der Waals surface area contributed by atoms with E-state index in [1.807, 2.05) is 12.1 Å². The summed E-state index contributed by atoms with van der Waals surface area (Å²) in [6.07, 6.45) is 0. The molecule has 0 atom stereocenters. The molecule has 3 nitrogen and oxygen atoms in total. The van der Waals surface area contributed by atoms with Gasteiger partial charge in [-0.3, -0.25) is 0 Å². The molecule has 0 aliphatic carbocycles. The summed E-state index contributed by atoms with van der Waals surface area (Å²) in [4.78, 5) is 12.2. The third-order valence-electron chi connectivity index (χ3n) is 2.14. The van der Waals surface area contributed by atoms with E-state index in [4.69, 9.17) is 5.11 Å². The van der Waals surface area contributed by atoms with Crippen LogP contribution in [-0.4, -0.2) is 18.2 Å². The molecule has 78 valence electrons. The Balaban J connectivity index is 2.50. The lowest BCUT2D eigenvalue weighted by Crippen LogP contribution is -1.99. The van der Waals surface area contributed by atoms with Crippen LogP contribution in [0, 0.1) is 0 Å². The summed E-state index contributed by atoms with van der Waals surface area (Å²) in [5, 5.41) is 9.95. The quantitative estimate of drug-likeness (QED) is 0.792. The maximum atomic E-state index is 11.3. The van der Waals surface area contributed by atoms with E-state index in [9.17, 15) is 4.79 Å². The topological polar surface area (TPSA) is 46.5 Å². The molecule has 0 fully saturated rings. The van der Waals surface area contributed by atoms with E-state index in [1.54, 1.807) is 12.1 Å². The molecule has 0 spiro atoms. The van der Waals surface area contributed by atoms with Crippen LogP contribution in [-0.2, 0) is 11.3 Å². The lowest BCUT2D eigenvalue weighted by Gasteiger charge is -1.97. The van der Waals surface area contributed by atoms with Gasteiger partial charge in [-0.2, -0.15) is 0 Å². The molecule has 0 amide bonds. The standard InChI is InChI=1S/C11H10O3S/c1-14-11(13)7-2-3-10-8(4-7)5-9(6-12)15-10/h2-5,12H,6H2,1H3. The first-order chi connectivity index (χ1) is 7.24. The normalized spacial score (nSPS) is 10.5. The van der Waals surface area contributed by atoms with E-state index in [2.05, 4.69) is 4.74 Å². The molecule has 2 aromatic rings. The highest BCUT2D eigenvalue weighted by atomic mass is 32.1. The first-order valence-corrected chi connectivity index (χ1v) is 5.28. The molecule has 0 unspecified atom stereocenters. The first-order valence-electron chi connectivity index (χ1n) is 4.46. The molecule has 0 aliphatic rings. The molecule has 1 N–H and O–H groups in total. The Hall–Kier alpha value is -1.39. The van der Waals surface area contributed by atoms with Gasteiger partial charge in [0.15, 0.2) is 0 Å². The molecular formula is C11H10O3S. The fraction of sp³-hybridized carbons (Fsp3) is 0.182. The van der Waals surface area contributed by atoms with Gasteiger partial charge in [-0.15, -0.1) is 11.3 Å². The van der Waals surface area contributed by atoms with Gasteiger partial charge in [0.25, 0.3) is 0 Å². The molecule has 15 heavy (non-hydrogen) atoms. The van der Waals surface area contributed by atoms with Gasteiger partial charge in [0.05, 0.1) is 19.3 Å². The Kier molecular flexibility index (Phi) is 2.70. The summed E-state index contributed by atoms with van der Waals surface area (Å²) < 4.78 is 5.70. The van der Waals surface area contributed by atoms with Crippen molar-refractivity contribution in [1.29, 1.82) is 0 Å². The largest absolute Gasteiger partial charge is 0.465 e. The van der Waals surface area contributed by atoms with Gasteiger partial charge in [0.2, 0.25) is 0 Å². The molecule has 0 saturated carbocycles. The monoisotopic (exact) mass is 222 g/mol. The van der Waals surface area contributed by atoms with Crippen LogP contribution in [0.2, 0.25) is 0 Å². The number of thiophene rings is 1. The molecule has 1 heterocycles. The van der Waals surface area contributed by atoms with Crippen molar-refractivity contribution in [2.75, 3.05) is 7.11 Å². The van der Waals surface area contributed by atoms with Crippen molar-refractivity contribution >= 4 is 27.4 Å². The Morgan fingerprint density at radius 3 is 2.93 bits per heavy atom. The number of carbonyl (C=O) groups is 1. The van der Waals surface area contributed by atoms with E-state index in [0.717, 1.165) is 15.0 Å². The smallest absolute Gasteiger partial charge is 0.337 e. The van der Waals surface area contributed by atoms with Crippen molar-refractivity contribution in [1.82, 2.24) is 0 Å². The van der Waals surface area contributed by atoms with E-state index in [1.165, 1.54) is 18.4 Å². The van der Waals surface area contributed by atoms with Crippen LogP contribution in [0.5, 0.6) is 0 Å². The highest BCUT2D eigenvalue weighted by Gasteiger charge is 2.07. The molecule has 0 aliphatic heterocycles. The van der Waals surface area contributed by atoms with Gasteiger partial charge in [-0.1, -0.05) is 0 Å². The molecule has 4 heteroatoms. The molecule has 0 bridgehead atoms.